The highest BCUT2D eigenvalue weighted by Crippen LogP contribution is 2.17. The largest absolute Gasteiger partial charge is 0.364 e. The Kier molecular flexibility index (Phi) is 3.72. The monoisotopic (exact) mass is 265 g/mol. The highest BCUT2D eigenvalue weighted by atomic mass is 31.0. The molecule has 0 saturated heterocycles. The Hall–Kier alpha value is -1.74. The van der Waals surface area contributed by atoms with Crippen molar-refractivity contribution >= 4 is 15.1 Å². The summed E-state index contributed by atoms with van der Waals surface area (Å²) in [5.74, 6) is 0.221. The SMILES string of the molecule is CCn1c(-c2ccc(F)cc2)ncc(NP)c1=O. The number of halogens is 1. The number of aromatic nitrogens is 2. The first-order chi connectivity index (χ1) is 8.67. The van der Waals surface area contributed by atoms with Gasteiger partial charge in [-0.15, -0.1) is 0 Å². The Labute approximate surface area is 106 Å². The van der Waals surface area contributed by atoms with Crippen LogP contribution < -0.4 is 10.6 Å². The molecular formula is C12H13FN3OP. The second-order valence-electron chi connectivity index (χ2n) is 3.70. The minimum absolute atomic E-state index is 0.151. The lowest BCUT2D eigenvalue weighted by molar-refractivity contribution is 0.627. The van der Waals surface area contributed by atoms with Crippen LogP contribution in [0.3, 0.4) is 0 Å². The van der Waals surface area contributed by atoms with Gasteiger partial charge in [0, 0.05) is 12.1 Å². The zero-order chi connectivity index (χ0) is 13.1. The van der Waals surface area contributed by atoms with E-state index in [-0.39, 0.29) is 11.4 Å². The standard InChI is InChI=1S/C12H13FN3OP/c1-2-16-11(8-3-5-9(13)6-4-8)14-7-10(15-18)12(16)17/h3-7,15H,2,18H2,1H3. The van der Waals surface area contributed by atoms with Crippen molar-refractivity contribution < 1.29 is 4.39 Å². The van der Waals surface area contributed by atoms with Crippen LogP contribution in [0.1, 0.15) is 6.92 Å². The zero-order valence-electron chi connectivity index (χ0n) is 9.85. The zero-order valence-corrected chi connectivity index (χ0v) is 11.0. The molecule has 0 aliphatic heterocycles. The van der Waals surface area contributed by atoms with Gasteiger partial charge in [-0.25, -0.2) is 9.37 Å². The van der Waals surface area contributed by atoms with E-state index >= 15 is 0 Å². The Morgan fingerprint density at radius 2 is 2.06 bits per heavy atom. The summed E-state index contributed by atoms with van der Waals surface area (Å²) in [6, 6.07) is 5.92. The van der Waals surface area contributed by atoms with E-state index in [1.807, 2.05) is 6.92 Å². The fourth-order valence-electron chi connectivity index (χ4n) is 1.71. The van der Waals surface area contributed by atoms with Crippen LogP contribution >= 0.6 is 9.39 Å². The molecule has 2 rings (SSSR count). The summed E-state index contributed by atoms with van der Waals surface area (Å²) in [6.45, 7) is 2.36. The first-order valence-corrected chi connectivity index (χ1v) is 6.07. The number of benzene rings is 1. The van der Waals surface area contributed by atoms with Crippen molar-refractivity contribution in [2.75, 3.05) is 5.09 Å². The lowest BCUT2D eigenvalue weighted by atomic mass is 10.2. The number of hydrogen-bond acceptors (Lipinski definition) is 3. The highest BCUT2D eigenvalue weighted by molar-refractivity contribution is 7.18. The normalized spacial score (nSPS) is 10.4. The molecule has 0 radical (unpaired) electrons. The molecule has 1 N–H and O–H groups in total. The summed E-state index contributed by atoms with van der Waals surface area (Å²) in [5, 5.41) is 2.72. The average Bonchev–Trinajstić information content (AvgIpc) is 2.39. The summed E-state index contributed by atoms with van der Waals surface area (Å²) in [5.41, 5.74) is 0.972. The van der Waals surface area contributed by atoms with Crippen molar-refractivity contribution in [3.05, 3.63) is 46.6 Å². The molecule has 1 heterocycles. The molecule has 0 bridgehead atoms. The van der Waals surface area contributed by atoms with Gasteiger partial charge in [0.25, 0.3) is 5.56 Å². The number of nitrogens with zero attached hydrogens (tertiary/aromatic N) is 2. The summed E-state index contributed by atoms with van der Waals surface area (Å²) < 4.78 is 14.4. The van der Waals surface area contributed by atoms with E-state index in [9.17, 15) is 9.18 Å². The van der Waals surface area contributed by atoms with Gasteiger partial charge in [-0.05, 0) is 40.6 Å². The maximum Gasteiger partial charge on any atom is 0.277 e. The molecule has 2 aromatic rings. The van der Waals surface area contributed by atoms with Gasteiger partial charge in [-0.3, -0.25) is 9.36 Å². The van der Waals surface area contributed by atoms with Crippen LogP contribution in [-0.2, 0) is 6.54 Å². The van der Waals surface area contributed by atoms with Crippen LogP contribution in [0.2, 0.25) is 0 Å². The van der Waals surface area contributed by atoms with Gasteiger partial charge < -0.3 is 5.09 Å². The lowest BCUT2D eigenvalue weighted by Gasteiger charge is -2.11. The average molecular weight is 265 g/mol. The Morgan fingerprint density at radius 1 is 1.39 bits per heavy atom. The lowest BCUT2D eigenvalue weighted by Crippen LogP contribution is -2.23. The molecule has 1 aromatic heterocycles. The van der Waals surface area contributed by atoms with Crippen LogP contribution in [0, 0.1) is 5.82 Å². The maximum atomic E-state index is 12.9. The van der Waals surface area contributed by atoms with E-state index in [1.54, 1.807) is 16.7 Å². The number of rotatable bonds is 3. The van der Waals surface area contributed by atoms with Gasteiger partial charge in [0.2, 0.25) is 0 Å². The first kappa shape index (κ1) is 12.7. The Morgan fingerprint density at radius 3 is 2.61 bits per heavy atom. The Bertz CT molecular complexity index is 610. The van der Waals surface area contributed by atoms with E-state index in [2.05, 4.69) is 19.5 Å². The molecule has 94 valence electrons. The second-order valence-corrected chi connectivity index (χ2v) is 3.98. The smallest absolute Gasteiger partial charge is 0.277 e. The van der Waals surface area contributed by atoms with Gasteiger partial charge in [0.1, 0.15) is 17.3 Å². The van der Waals surface area contributed by atoms with Crippen molar-refractivity contribution in [1.82, 2.24) is 9.55 Å². The molecule has 0 fully saturated rings. The van der Waals surface area contributed by atoms with E-state index in [4.69, 9.17) is 0 Å². The van der Waals surface area contributed by atoms with Crippen molar-refractivity contribution in [2.45, 2.75) is 13.5 Å². The topological polar surface area (TPSA) is 46.9 Å². The molecule has 0 amide bonds. The molecule has 0 aliphatic rings. The van der Waals surface area contributed by atoms with E-state index in [1.165, 1.54) is 18.3 Å². The van der Waals surface area contributed by atoms with Gasteiger partial charge in [-0.1, -0.05) is 0 Å². The van der Waals surface area contributed by atoms with Gasteiger partial charge in [0.05, 0.1) is 6.20 Å². The summed E-state index contributed by atoms with van der Waals surface area (Å²) >= 11 is 0. The molecule has 18 heavy (non-hydrogen) atoms. The third-order valence-corrected chi connectivity index (χ3v) is 2.93. The number of hydrogen-bond donors (Lipinski definition) is 1. The predicted molar refractivity (Wildman–Crippen MR) is 72.9 cm³/mol. The number of anilines is 1. The van der Waals surface area contributed by atoms with Crippen molar-refractivity contribution in [3.63, 3.8) is 0 Å². The van der Waals surface area contributed by atoms with Crippen LogP contribution in [-0.4, -0.2) is 9.55 Å². The van der Waals surface area contributed by atoms with E-state index in [0.29, 0.717) is 23.6 Å². The number of nitrogens with one attached hydrogen (secondary N) is 1. The van der Waals surface area contributed by atoms with E-state index < -0.39 is 0 Å². The summed E-state index contributed by atoms with van der Waals surface area (Å²) in [4.78, 5) is 16.3. The molecule has 6 heteroatoms. The fraction of sp³-hybridized carbons (Fsp3) is 0.167. The van der Waals surface area contributed by atoms with Crippen molar-refractivity contribution in [2.24, 2.45) is 0 Å². The molecule has 1 unspecified atom stereocenters. The molecule has 0 spiro atoms. The quantitative estimate of drug-likeness (QED) is 0.866. The van der Waals surface area contributed by atoms with Crippen LogP contribution in [0.4, 0.5) is 10.1 Å². The van der Waals surface area contributed by atoms with Gasteiger partial charge in [-0.2, -0.15) is 0 Å². The molecule has 4 nitrogen and oxygen atoms in total. The molecule has 0 aliphatic carbocycles. The third kappa shape index (κ3) is 2.27. The fourth-order valence-corrected chi connectivity index (χ4v) is 1.91. The molecule has 1 atom stereocenters. The van der Waals surface area contributed by atoms with Crippen LogP contribution in [0.15, 0.2) is 35.3 Å². The molecule has 0 saturated carbocycles. The molecule has 1 aromatic carbocycles. The van der Waals surface area contributed by atoms with Gasteiger partial charge in [0.15, 0.2) is 0 Å². The van der Waals surface area contributed by atoms with Crippen molar-refractivity contribution in [1.29, 1.82) is 0 Å². The van der Waals surface area contributed by atoms with Gasteiger partial charge >= 0.3 is 0 Å². The maximum absolute atomic E-state index is 12.9. The third-order valence-electron chi connectivity index (χ3n) is 2.62. The van der Waals surface area contributed by atoms with Crippen LogP contribution in [0.5, 0.6) is 0 Å². The first-order valence-electron chi connectivity index (χ1n) is 5.49. The summed E-state index contributed by atoms with van der Waals surface area (Å²) in [7, 11) is 2.27. The van der Waals surface area contributed by atoms with E-state index in [0.717, 1.165) is 0 Å². The Balaban J connectivity index is 2.61. The van der Waals surface area contributed by atoms with Crippen molar-refractivity contribution in [3.8, 4) is 11.4 Å². The second kappa shape index (κ2) is 5.27. The minimum atomic E-state index is -0.313. The van der Waals surface area contributed by atoms with Crippen LogP contribution in [0.25, 0.3) is 11.4 Å². The minimum Gasteiger partial charge on any atom is -0.364 e. The molecular weight excluding hydrogens is 252 g/mol. The highest BCUT2D eigenvalue weighted by Gasteiger charge is 2.10. The predicted octanol–water partition coefficient (Wildman–Crippen LogP) is 2.27. The summed E-state index contributed by atoms with van der Waals surface area (Å²) in [6.07, 6.45) is 1.47.